The monoisotopic (exact) mass is 502 g/mol. The summed E-state index contributed by atoms with van der Waals surface area (Å²) in [6, 6.07) is 5.04. The van der Waals surface area contributed by atoms with Crippen LogP contribution in [0.1, 0.15) is 59.7 Å². The average molecular weight is 503 g/mol. The third kappa shape index (κ3) is 4.33. The van der Waals surface area contributed by atoms with E-state index in [2.05, 4.69) is 25.7 Å². The van der Waals surface area contributed by atoms with Crippen LogP contribution in [0.2, 0.25) is 10.0 Å². The van der Waals surface area contributed by atoms with Gasteiger partial charge in [-0.3, -0.25) is 4.79 Å². The topological polar surface area (TPSA) is 49.3 Å². The standard InChI is InChI=1S/C25H28Cl2N4OS/c1-14(2)22-28-23(21-18-6-4-15(3)12-20(18)33-24(21)29-22)30-8-10-31(11-9-30)25(32)17-7-5-16(26)13-19(17)27/h5,7,13-15H,4,6,8-12H2,1-3H3. The second-order valence-corrected chi connectivity index (χ2v) is 11.4. The van der Waals surface area contributed by atoms with Gasteiger partial charge in [-0.2, -0.15) is 0 Å². The fourth-order valence-corrected chi connectivity index (χ4v) is 6.65. The van der Waals surface area contributed by atoms with Gasteiger partial charge in [0, 0.05) is 42.0 Å². The Labute approximate surface area is 208 Å². The van der Waals surface area contributed by atoms with Gasteiger partial charge in [0.05, 0.1) is 16.0 Å². The number of carbonyl (C=O) groups excluding carboxylic acids is 1. The van der Waals surface area contributed by atoms with Crippen molar-refractivity contribution in [3.8, 4) is 0 Å². The van der Waals surface area contributed by atoms with Gasteiger partial charge in [0.25, 0.3) is 5.91 Å². The molecule has 1 unspecified atom stereocenters. The molecule has 3 heterocycles. The van der Waals surface area contributed by atoms with Crippen molar-refractivity contribution in [1.82, 2.24) is 14.9 Å². The minimum atomic E-state index is -0.0473. The number of thiophene rings is 1. The van der Waals surface area contributed by atoms with Gasteiger partial charge in [0.2, 0.25) is 0 Å². The highest BCUT2D eigenvalue weighted by Gasteiger charge is 2.29. The fourth-order valence-electron chi connectivity index (χ4n) is 4.78. The van der Waals surface area contributed by atoms with Gasteiger partial charge < -0.3 is 9.80 Å². The minimum Gasteiger partial charge on any atom is -0.352 e. The van der Waals surface area contributed by atoms with Crippen LogP contribution in [-0.2, 0) is 12.8 Å². The molecule has 3 aromatic rings. The fraction of sp³-hybridized carbons (Fsp3) is 0.480. The summed E-state index contributed by atoms with van der Waals surface area (Å²) in [4.78, 5) is 29.9. The molecule has 0 radical (unpaired) electrons. The van der Waals surface area contributed by atoms with E-state index < -0.39 is 0 Å². The van der Waals surface area contributed by atoms with E-state index in [1.807, 2.05) is 16.2 Å². The Balaban J connectivity index is 1.43. The van der Waals surface area contributed by atoms with Gasteiger partial charge in [0.1, 0.15) is 16.5 Å². The second kappa shape index (κ2) is 9.05. The van der Waals surface area contributed by atoms with Crippen molar-refractivity contribution in [2.75, 3.05) is 31.1 Å². The third-order valence-corrected chi connectivity index (χ3v) is 8.39. The number of amides is 1. The van der Waals surface area contributed by atoms with E-state index in [-0.39, 0.29) is 11.8 Å². The molecule has 0 saturated carbocycles. The molecule has 1 aromatic carbocycles. The zero-order valence-electron chi connectivity index (χ0n) is 19.2. The smallest absolute Gasteiger partial charge is 0.255 e. The van der Waals surface area contributed by atoms with Gasteiger partial charge in [0.15, 0.2) is 0 Å². The summed E-state index contributed by atoms with van der Waals surface area (Å²) in [7, 11) is 0. The molecule has 0 N–H and O–H groups in total. The van der Waals surface area contributed by atoms with Crippen LogP contribution in [0.15, 0.2) is 18.2 Å². The van der Waals surface area contributed by atoms with Crippen molar-refractivity contribution in [1.29, 1.82) is 0 Å². The van der Waals surface area contributed by atoms with Crippen LogP contribution >= 0.6 is 34.5 Å². The maximum atomic E-state index is 13.1. The lowest BCUT2D eigenvalue weighted by atomic mass is 9.89. The maximum Gasteiger partial charge on any atom is 0.255 e. The van der Waals surface area contributed by atoms with Crippen molar-refractivity contribution in [2.45, 2.75) is 46.0 Å². The lowest BCUT2D eigenvalue weighted by Crippen LogP contribution is -2.49. The zero-order valence-corrected chi connectivity index (χ0v) is 21.5. The van der Waals surface area contributed by atoms with Crippen LogP contribution < -0.4 is 4.90 Å². The van der Waals surface area contributed by atoms with Gasteiger partial charge >= 0.3 is 0 Å². The Morgan fingerprint density at radius 1 is 1.15 bits per heavy atom. The predicted octanol–water partition coefficient (Wildman–Crippen LogP) is 6.21. The Morgan fingerprint density at radius 3 is 2.61 bits per heavy atom. The number of anilines is 1. The molecule has 1 amide bonds. The van der Waals surface area contributed by atoms with E-state index in [4.69, 9.17) is 33.2 Å². The molecule has 0 bridgehead atoms. The molecule has 8 heteroatoms. The van der Waals surface area contributed by atoms with E-state index in [1.54, 1.807) is 18.2 Å². The summed E-state index contributed by atoms with van der Waals surface area (Å²) in [5, 5.41) is 2.17. The average Bonchev–Trinajstić information content (AvgIpc) is 3.15. The number of hydrogen-bond donors (Lipinski definition) is 0. The number of halogens is 2. The van der Waals surface area contributed by atoms with Crippen LogP contribution in [0, 0.1) is 5.92 Å². The van der Waals surface area contributed by atoms with Crippen LogP contribution in [0.5, 0.6) is 0 Å². The Hall–Kier alpha value is -1.89. The van der Waals surface area contributed by atoms with Crippen molar-refractivity contribution in [3.05, 3.63) is 50.1 Å². The molecule has 1 aliphatic heterocycles. The first-order valence-corrected chi connectivity index (χ1v) is 13.2. The molecule has 174 valence electrons. The Bertz CT molecular complexity index is 1220. The Morgan fingerprint density at radius 2 is 1.91 bits per heavy atom. The van der Waals surface area contributed by atoms with Crippen molar-refractivity contribution < 1.29 is 4.79 Å². The first-order chi connectivity index (χ1) is 15.8. The number of aromatic nitrogens is 2. The quantitative estimate of drug-likeness (QED) is 0.427. The van der Waals surface area contributed by atoms with E-state index in [0.717, 1.165) is 48.3 Å². The highest BCUT2D eigenvalue weighted by atomic mass is 35.5. The van der Waals surface area contributed by atoms with Crippen molar-refractivity contribution in [3.63, 3.8) is 0 Å². The van der Waals surface area contributed by atoms with Crippen LogP contribution in [-0.4, -0.2) is 47.0 Å². The molecule has 1 atom stereocenters. The number of piperazine rings is 1. The second-order valence-electron chi connectivity index (χ2n) is 9.50. The van der Waals surface area contributed by atoms with E-state index in [0.29, 0.717) is 28.7 Å². The molecular formula is C25H28Cl2N4OS. The van der Waals surface area contributed by atoms with Gasteiger partial charge in [-0.15, -0.1) is 11.3 Å². The third-order valence-electron chi connectivity index (χ3n) is 6.70. The predicted molar refractivity (Wildman–Crippen MR) is 137 cm³/mol. The lowest BCUT2D eigenvalue weighted by molar-refractivity contribution is 0.0747. The highest BCUT2D eigenvalue weighted by molar-refractivity contribution is 7.19. The molecule has 1 fully saturated rings. The van der Waals surface area contributed by atoms with Gasteiger partial charge in [-0.25, -0.2) is 9.97 Å². The minimum absolute atomic E-state index is 0.0473. The summed E-state index contributed by atoms with van der Waals surface area (Å²) >= 11 is 14.1. The molecule has 1 aliphatic carbocycles. The van der Waals surface area contributed by atoms with Crippen molar-refractivity contribution in [2.24, 2.45) is 5.92 Å². The summed E-state index contributed by atoms with van der Waals surface area (Å²) in [6.07, 6.45) is 3.45. The summed E-state index contributed by atoms with van der Waals surface area (Å²) in [5.74, 6) is 2.89. The van der Waals surface area contributed by atoms with Crippen molar-refractivity contribution >= 4 is 56.5 Å². The molecule has 5 nitrogen and oxygen atoms in total. The Kier molecular flexibility index (Phi) is 6.27. The summed E-state index contributed by atoms with van der Waals surface area (Å²) in [5.41, 5.74) is 1.95. The number of benzene rings is 1. The molecule has 1 saturated heterocycles. The van der Waals surface area contributed by atoms with Crippen LogP contribution in [0.4, 0.5) is 5.82 Å². The normalized spacial score (nSPS) is 18.8. The van der Waals surface area contributed by atoms with E-state index in [1.165, 1.54) is 22.2 Å². The molecule has 5 rings (SSSR count). The first-order valence-electron chi connectivity index (χ1n) is 11.6. The largest absolute Gasteiger partial charge is 0.352 e. The summed E-state index contributed by atoms with van der Waals surface area (Å²) < 4.78 is 0. The molecular weight excluding hydrogens is 475 g/mol. The summed E-state index contributed by atoms with van der Waals surface area (Å²) in [6.45, 7) is 9.36. The number of hydrogen-bond acceptors (Lipinski definition) is 5. The maximum absolute atomic E-state index is 13.1. The van der Waals surface area contributed by atoms with Crippen LogP contribution in [0.3, 0.4) is 0 Å². The number of rotatable bonds is 3. The van der Waals surface area contributed by atoms with Crippen LogP contribution in [0.25, 0.3) is 10.2 Å². The number of fused-ring (bicyclic) bond motifs is 3. The highest BCUT2D eigenvalue weighted by Crippen LogP contribution is 2.41. The van der Waals surface area contributed by atoms with E-state index >= 15 is 0 Å². The number of carbonyl (C=O) groups is 1. The SMILES string of the molecule is CC1CCc2c(sc3nc(C(C)C)nc(N4CCN(C(=O)c5ccc(Cl)cc5Cl)CC4)c23)C1. The molecule has 0 spiro atoms. The lowest BCUT2D eigenvalue weighted by Gasteiger charge is -2.36. The number of nitrogens with zero attached hydrogens (tertiary/aromatic N) is 4. The zero-order chi connectivity index (χ0) is 23.3. The first kappa shape index (κ1) is 22.9. The van der Waals surface area contributed by atoms with Gasteiger partial charge in [-0.1, -0.05) is 44.0 Å². The molecule has 2 aromatic heterocycles. The van der Waals surface area contributed by atoms with Gasteiger partial charge in [-0.05, 0) is 48.9 Å². The molecule has 2 aliphatic rings. The molecule has 33 heavy (non-hydrogen) atoms. The number of aryl methyl sites for hydroxylation is 1. The van der Waals surface area contributed by atoms with E-state index in [9.17, 15) is 4.79 Å².